The van der Waals surface area contributed by atoms with Gasteiger partial charge in [0.25, 0.3) is 5.56 Å². The number of aromatic amines is 1. The molecule has 0 atom stereocenters. The summed E-state index contributed by atoms with van der Waals surface area (Å²) in [7, 11) is 0. The number of H-pyrrole nitrogens is 1. The molecule has 0 aromatic carbocycles. The van der Waals surface area contributed by atoms with Crippen LogP contribution in [0.1, 0.15) is 24.7 Å². The lowest BCUT2D eigenvalue weighted by molar-refractivity contribution is 0.413. The molecule has 0 unspecified atom stereocenters. The van der Waals surface area contributed by atoms with Gasteiger partial charge in [0.1, 0.15) is 0 Å². The summed E-state index contributed by atoms with van der Waals surface area (Å²) in [6.07, 6.45) is 3.33. The molecule has 0 saturated heterocycles. The smallest absolute Gasteiger partial charge is 0.251 e. The highest BCUT2D eigenvalue weighted by Crippen LogP contribution is 2.24. The van der Waals surface area contributed by atoms with Crippen LogP contribution in [0, 0.1) is 0 Å². The predicted molar refractivity (Wildman–Crippen MR) is 82.6 cm³/mol. The number of rotatable bonds is 6. The highest BCUT2D eigenvalue weighted by atomic mass is 32.2. The van der Waals surface area contributed by atoms with E-state index in [-0.39, 0.29) is 5.56 Å². The zero-order chi connectivity index (χ0) is 15.4. The summed E-state index contributed by atoms with van der Waals surface area (Å²) in [5.74, 6) is 1.78. The molecule has 0 fully saturated rings. The molecular weight excluding hydrogens is 302 g/mol. The van der Waals surface area contributed by atoms with E-state index in [4.69, 9.17) is 8.94 Å². The maximum Gasteiger partial charge on any atom is 0.251 e. The highest BCUT2D eigenvalue weighted by Gasteiger charge is 2.10. The first kappa shape index (κ1) is 14.6. The van der Waals surface area contributed by atoms with Gasteiger partial charge < -0.3 is 13.9 Å². The van der Waals surface area contributed by atoms with Gasteiger partial charge in [-0.1, -0.05) is 30.3 Å². The summed E-state index contributed by atoms with van der Waals surface area (Å²) in [6, 6.07) is 6.96. The van der Waals surface area contributed by atoms with Crippen molar-refractivity contribution >= 4 is 11.8 Å². The van der Waals surface area contributed by atoms with Gasteiger partial charge in [0.05, 0.1) is 12.0 Å². The minimum absolute atomic E-state index is 0.127. The monoisotopic (exact) mass is 317 g/mol. The van der Waals surface area contributed by atoms with Crippen LogP contribution in [-0.4, -0.2) is 15.1 Å². The number of thioether (sulfide) groups is 1. The minimum Gasteiger partial charge on any atom is -0.461 e. The maximum absolute atomic E-state index is 11.6. The van der Waals surface area contributed by atoms with Gasteiger partial charge in [0, 0.05) is 23.6 Å². The van der Waals surface area contributed by atoms with E-state index in [0.29, 0.717) is 22.4 Å². The third-order valence-corrected chi connectivity index (χ3v) is 3.87. The Balaban J connectivity index is 1.69. The SMILES string of the molecule is CCCc1cc(=O)[nH]c(SCc2cc(-c3ccco3)on2)n1. The van der Waals surface area contributed by atoms with Crippen molar-refractivity contribution in [3.8, 4) is 11.5 Å². The van der Waals surface area contributed by atoms with Crippen LogP contribution in [0.2, 0.25) is 0 Å². The van der Waals surface area contributed by atoms with Crippen LogP contribution >= 0.6 is 11.8 Å². The van der Waals surface area contributed by atoms with Gasteiger partial charge in [0.2, 0.25) is 5.76 Å². The normalized spacial score (nSPS) is 11.0. The van der Waals surface area contributed by atoms with Crippen LogP contribution in [0.15, 0.2) is 49.4 Å². The first-order valence-corrected chi connectivity index (χ1v) is 7.95. The number of hydrogen-bond donors (Lipinski definition) is 1. The van der Waals surface area contributed by atoms with Crippen molar-refractivity contribution in [3.63, 3.8) is 0 Å². The van der Waals surface area contributed by atoms with Crippen LogP contribution in [0.3, 0.4) is 0 Å². The molecule has 0 radical (unpaired) electrons. The molecule has 0 aliphatic carbocycles. The lowest BCUT2D eigenvalue weighted by Crippen LogP contribution is -2.09. The van der Waals surface area contributed by atoms with Gasteiger partial charge in [-0.05, 0) is 18.6 Å². The molecule has 3 heterocycles. The average molecular weight is 317 g/mol. The van der Waals surface area contributed by atoms with E-state index < -0.39 is 0 Å². The largest absolute Gasteiger partial charge is 0.461 e. The van der Waals surface area contributed by atoms with Crippen LogP contribution in [0.4, 0.5) is 0 Å². The molecule has 6 nitrogen and oxygen atoms in total. The summed E-state index contributed by atoms with van der Waals surface area (Å²) >= 11 is 1.42. The van der Waals surface area contributed by atoms with Gasteiger partial charge in [-0.2, -0.15) is 0 Å². The number of nitrogens with one attached hydrogen (secondary N) is 1. The third kappa shape index (κ3) is 3.48. The first-order chi connectivity index (χ1) is 10.7. The van der Waals surface area contributed by atoms with Crippen LogP contribution in [0.5, 0.6) is 0 Å². The molecule has 3 aromatic heterocycles. The Morgan fingerprint density at radius 3 is 2.95 bits per heavy atom. The summed E-state index contributed by atoms with van der Waals surface area (Å²) < 4.78 is 10.5. The first-order valence-electron chi connectivity index (χ1n) is 6.97. The second-order valence-corrected chi connectivity index (χ2v) is 5.70. The second kappa shape index (κ2) is 6.65. The fourth-order valence-electron chi connectivity index (χ4n) is 1.99. The topological polar surface area (TPSA) is 84.9 Å². The van der Waals surface area contributed by atoms with E-state index in [9.17, 15) is 4.79 Å². The molecule has 0 saturated carbocycles. The Morgan fingerprint density at radius 2 is 2.18 bits per heavy atom. The number of furan rings is 1. The van der Waals surface area contributed by atoms with Crippen LogP contribution < -0.4 is 5.56 Å². The van der Waals surface area contributed by atoms with E-state index in [2.05, 4.69) is 22.0 Å². The predicted octanol–water partition coefficient (Wildman–Crippen LogP) is 3.26. The fourth-order valence-corrected chi connectivity index (χ4v) is 2.77. The van der Waals surface area contributed by atoms with Crippen LogP contribution in [0.25, 0.3) is 11.5 Å². The Bertz CT molecular complexity index is 792. The summed E-state index contributed by atoms with van der Waals surface area (Å²) in [4.78, 5) is 18.8. The van der Waals surface area contributed by atoms with Crippen molar-refractivity contribution < 1.29 is 8.94 Å². The van der Waals surface area contributed by atoms with Crippen molar-refractivity contribution in [2.75, 3.05) is 0 Å². The third-order valence-electron chi connectivity index (χ3n) is 2.96. The zero-order valence-corrected chi connectivity index (χ0v) is 12.9. The Kier molecular flexibility index (Phi) is 4.43. The molecule has 3 aromatic rings. The van der Waals surface area contributed by atoms with Gasteiger partial charge in [0.15, 0.2) is 10.9 Å². The molecule has 0 aliphatic rings. The quantitative estimate of drug-likeness (QED) is 0.555. The molecule has 22 heavy (non-hydrogen) atoms. The lowest BCUT2D eigenvalue weighted by Gasteiger charge is -2.01. The molecular formula is C15H15N3O3S. The maximum atomic E-state index is 11.6. The number of hydrogen-bond acceptors (Lipinski definition) is 6. The molecule has 7 heteroatoms. The van der Waals surface area contributed by atoms with E-state index in [1.807, 2.05) is 12.1 Å². The molecule has 0 amide bonds. The summed E-state index contributed by atoms with van der Waals surface area (Å²) in [5, 5.41) is 4.59. The molecule has 3 rings (SSSR count). The Labute approximate surface area is 130 Å². The van der Waals surface area contributed by atoms with E-state index >= 15 is 0 Å². The van der Waals surface area contributed by atoms with Gasteiger partial charge >= 0.3 is 0 Å². The van der Waals surface area contributed by atoms with Crippen molar-refractivity contribution in [1.82, 2.24) is 15.1 Å². The lowest BCUT2D eigenvalue weighted by atomic mass is 10.2. The summed E-state index contributed by atoms with van der Waals surface area (Å²) in [5.41, 5.74) is 1.45. The summed E-state index contributed by atoms with van der Waals surface area (Å²) in [6.45, 7) is 2.06. The van der Waals surface area contributed by atoms with Crippen molar-refractivity contribution in [3.05, 3.63) is 52.3 Å². The standard InChI is InChI=1S/C15H15N3O3S/c1-2-4-10-8-14(19)17-15(16-10)22-9-11-7-13(21-18-11)12-5-3-6-20-12/h3,5-8H,2,4,9H2,1H3,(H,16,17,19). The van der Waals surface area contributed by atoms with E-state index in [1.165, 1.54) is 11.8 Å². The molecule has 0 bridgehead atoms. The van der Waals surface area contributed by atoms with Crippen molar-refractivity contribution in [2.45, 2.75) is 30.7 Å². The van der Waals surface area contributed by atoms with Gasteiger partial charge in [-0.15, -0.1) is 0 Å². The second-order valence-electron chi connectivity index (χ2n) is 4.74. The molecule has 0 spiro atoms. The van der Waals surface area contributed by atoms with E-state index in [1.54, 1.807) is 18.4 Å². The van der Waals surface area contributed by atoms with E-state index in [0.717, 1.165) is 24.2 Å². The Hall–Kier alpha value is -2.28. The number of aromatic nitrogens is 3. The van der Waals surface area contributed by atoms with Gasteiger partial charge in [-0.3, -0.25) is 4.79 Å². The molecule has 1 N–H and O–H groups in total. The van der Waals surface area contributed by atoms with Crippen molar-refractivity contribution in [1.29, 1.82) is 0 Å². The molecule has 0 aliphatic heterocycles. The number of nitrogens with zero attached hydrogens (tertiary/aromatic N) is 2. The van der Waals surface area contributed by atoms with Crippen LogP contribution in [-0.2, 0) is 12.2 Å². The highest BCUT2D eigenvalue weighted by molar-refractivity contribution is 7.98. The van der Waals surface area contributed by atoms with Gasteiger partial charge in [-0.25, -0.2) is 4.98 Å². The zero-order valence-electron chi connectivity index (χ0n) is 12.0. The number of aryl methyl sites for hydroxylation is 1. The fraction of sp³-hybridized carbons (Fsp3) is 0.267. The average Bonchev–Trinajstić information content (AvgIpc) is 3.16. The van der Waals surface area contributed by atoms with Crippen molar-refractivity contribution in [2.24, 2.45) is 0 Å². The Morgan fingerprint density at radius 1 is 1.27 bits per heavy atom. The molecule has 114 valence electrons. The minimum atomic E-state index is -0.127.